The molecule has 1 nitrogen and oxygen atoms in total. The highest BCUT2D eigenvalue weighted by Gasteiger charge is 2.08. The Labute approximate surface area is 102 Å². The van der Waals surface area contributed by atoms with Gasteiger partial charge in [-0.1, -0.05) is 15.9 Å². The van der Waals surface area contributed by atoms with Gasteiger partial charge in [-0.25, -0.2) is 0 Å². The molecular weight excluding hydrogens is 363 g/mol. The van der Waals surface area contributed by atoms with E-state index in [0.29, 0.717) is 0 Å². The van der Waals surface area contributed by atoms with E-state index >= 15 is 0 Å². The maximum absolute atomic E-state index is 9.12. The summed E-state index contributed by atoms with van der Waals surface area (Å²) in [6, 6.07) is 4.07. The summed E-state index contributed by atoms with van der Waals surface area (Å²) in [6.45, 7) is 0.102. The molecule has 0 aliphatic heterocycles. The fraction of sp³-hybridized carbons (Fsp3) is 0.111. The van der Waals surface area contributed by atoms with E-state index in [1.54, 1.807) is 11.3 Å². The second kappa shape index (κ2) is 3.84. The van der Waals surface area contributed by atoms with E-state index in [4.69, 9.17) is 5.11 Å². The molecule has 0 aliphatic rings. The van der Waals surface area contributed by atoms with Gasteiger partial charge in [-0.2, -0.15) is 0 Å². The standard InChI is InChI=1S/C9H6BrIOS/c10-7-3-5(4-12)8(11)9-6(7)1-2-13-9/h1-3,12H,4H2. The minimum atomic E-state index is 0.102. The fourth-order valence-electron chi connectivity index (χ4n) is 1.22. The second-order valence-electron chi connectivity index (χ2n) is 2.65. The van der Waals surface area contributed by atoms with Crippen LogP contribution in [0.2, 0.25) is 0 Å². The monoisotopic (exact) mass is 368 g/mol. The van der Waals surface area contributed by atoms with E-state index in [1.165, 1.54) is 10.1 Å². The van der Waals surface area contributed by atoms with Crippen molar-refractivity contribution >= 4 is 59.9 Å². The van der Waals surface area contributed by atoms with Crippen LogP contribution in [0.25, 0.3) is 10.1 Å². The first-order chi connectivity index (χ1) is 6.24. The molecule has 0 radical (unpaired) electrons. The molecule has 0 aliphatic carbocycles. The minimum absolute atomic E-state index is 0.102. The summed E-state index contributed by atoms with van der Waals surface area (Å²) in [6.07, 6.45) is 0. The summed E-state index contributed by atoms with van der Waals surface area (Å²) in [5, 5.41) is 12.4. The second-order valence-corrected chi connectivity index (χ2v) is 5.50. The Morgan fingerprint density at radius 2 is 2.31 bits per heavy atom. The Hall–Kier alpha value is 0.350. The first-order valence-corrected chi connectivity index (χ1v) is 6.44. The third-order valence-corrected chi connectivity index (χ3v) is 5.06. The number of benzene rings is 1. The van der Waals surface area contributed by atoms with Gasteiger partial charge in [-0.05, 0) is 45.7 Å². The molecule has 4 heteroatoms. The van der Waals surface area contributed by atoms with E-state index in [2.05, 4.69) is 50.0 Å². The number of hydrogen-bond acceptors (Lipinski definition) is 2. The smallest absolute Gasteiger partial charge is 0.0693 e. The maximum atomic E-state index is 9.12. The molecule has 1 aromatic carbocycles. The number of hydrogen-bond donors (Lipinski definition) is 1. The molecule has 0 amide bonds. The average molecular weight is 369 g/mol. The van der Waals surface area contributed by atoms with Crippen LogP contribution in [0.3, 0.4) is 0 Å². The quantitative estimate of drug-likeness (QED) is 0.760. The van der Waals surface area contributed by atoms with Crippen LogP contribution in [0.1, 0.15) is 5.56 Å². The van der Waals surface area contributed by atoms with E-state index in [0.717, 1.165) is 13.6 Å². The first-order valence-electron chi connectivity index (χ1n) is 3.69. The highest BCUT2D eigenvalue weighted by molar-refractivity contribution is 14.1. The number of fused-ring (bicyclic) bond motifs is 1. The van der Waals surface area contributed by atoms with Crippen LogP contribution in [0.4, 0.5) is 0 Å². The van der Waals surface area contributed by atoms with Crippen molar-refractivity contribution in [3.05, 3.63) is 31.1 Å². The zero-order valence-corrected chi connectivity index (χ0v) is 11.1. The van der Waals surface area contributed by atoms with Crippen LogP contribution in [0, 0.1) is 3.57 Å². The van der Waals surface area contributed by atoms with E-state index in [1.807, 2.05) is 6.07 Å². The SMILES string of the molecule is OCc1cc(Br)c2ccsc2c1I. The van der Waals surface area contributed by atoms with Crippen LogP contribution in [0.15, 0.2) is 22.0 Å². The summed E-state index contributed by atoms with van der Waals surface area (Å²) in [4.78, 5) is 0. The third-order valence-electron chi connectivity index (χ3n) is 1.88. The van der Waals surface area contributed by atoms with Gasteiger partial charge in [-0.15, -0.1) is 11.3 Å². The molecule has 0 fully saturated rings. The van der Waals surface area contributed by atoms with Gasteiger partial charge < -0.3 is 5.11 Å². The summed E-state index contributed by atoms with van der Waals surface area (Å²) >= 11 is 7.48. The highest BCUT2D eigenvalue weighted by atomic mass is 127. The molecule has 0 bridgehead atoms. The van der Waals surface area contributed by atoms with Gasteiger partial charge in [0.15, 0.2) is 0 Å². The van der Waals surface area contributed by atoms with E-state index in [9.17, 15) is 0 Å². The topological polar surface area (TPSA) is 20.2 Å². The molecule has 2 aromatic rings. The lowest BCUT2D eigenvalue weighted by Gasteiger charge is -2.03. The van der Waals surface area contributed by atoms with Crippen molar-refractivity contribution < 1.29 is 5.11 Å². The molecule has 0 unspecified atom stereocenters. The Morgan fingerprint density at radius 1 is 1.54 bits per heavy atom. The molecular formula is C9H6BrIOS. The van der Waals surface area contributed by atoms with Crippen molar-refractivity contribution in [3.63, 3.8) is 0 Å². The number of halogens is 2. The van der Waals surface area contributed by atoms with E-state index in [-0.39, 0.29) is 6.61 Å². The van der Waals surface area contributed by atoms with Gasteiger partial charge in [0.05, 0.1) is 6.61 Å². The normalized spacial score (nSPS) is 11.0. The van der Waals surface area contributed by atoms with Crippen molar-refractivity contribution in [2.24, 2.45) is 0 Å². The van der Waals surface area contributed by atoms with Gasteiger partial charge >= 0.3 is 0 Å². The summed E-state index contributed by atoms with van der Waals surface area (Å²) in [5.74, 6) is 0. The lowest BCUT2D eigenvalue weighted by atomic mass is 10.2. The number of aliphatic hydroxyl groups excluding tert-OH is 1. The minimum Gasteiger partial charge on any atom is -0.392 e. The van der Waals surface area contributed by atoms with Gasteiger partial charge in [-0.3, -0.25) is 0 Å². The number of thiophene rings is 1. The largest absolute Gasteiger partial charge is 0.392 e. The molecule has 0 atom stereocenters. The van der Waals surface area contributed by atoms with Crippen molar-refractivity contribution in [2.75, 3.05) is 0 Å². The third kappa shape index (κ3) is 1.65. The fourth-order valence-corrected chi connectivity index (χ4v) is 3.84. The van der Waals surface area contributed by atoms with Crippen LogP contribution >= 0.6 is 49.9 Å². The molecule has 0 spiro atoms. The number of rotatable bonds is 1. The van der Waals surface area contributed by atoms with Gasteiger partial charge in [0, 0.05) is 18.1 Å². The maximum Gasteiger partial charge on any atom is 0.0693 e. The Balaban J connectivity index is 2.85. The van der Waals surface area contributed by atoms with Gasteiger partial charge in [0.2, 0.25) is 0 Å². The molecule has 1 heterocycles. The van der Waals surface area contributed by atoms with Crippen molar-refractivity contribution in [1.82, 2.24) is 0 Å². The molecule has 68 valence electrons. The predicted octanol–water partition coefficient (Wildman–Crippen LogP) is 3.76. The lowest BCUT2D eigenvalue weighted by Crippen LogP contribution is -1.88. The highest BCUT2D eigenvalue weighted by Crippen LogP contribution is 2.34. The molecule has 0 saturated carbocycles. The van der Waals surface area contributed by atoms with Crippen LogP contribution in [0.5, 0.6) is 0 Å². The van der Waals surface area contributed by atoms with Crippen LogP contribution in [-0.4, -0.2) is 5.11 Å². The van der Waals surface area contributed by atoms with Crippen molar-refractivity contribution in [2.45, 2.75) is 6.61 Å². The molecule has 1 aromatic heterocycles. The zero-order chi connectivity index (χ0) is 9.42. The molecule has 0 saturated heterocycles. The Morgan fingerprint density at radius 3 is 3.00 bits per heavy atom. The lowest BCUT2D eigenvalue weighted by molar-refractivity contribution is 0.281. The summed E-state index contributed by atoms with van der Waals surface area (Å²) < 4.78 is 3.47. The summed E-state index contributed by atoms with van der Waals surface area (Å²) in [7, 11) is 0. The van der Waals surface area contributed by atoms with E-state index < -0.39 is 0 Å². The van der Waals surface area contributed by atoms with Crippen LogP contribution in [-0.2, 0) is 6.61 Å². The first kappa shape index (κ1) is 9.89. The molecule has 13 heavy (non-hydrogen) atoms. The predicted molar refractivity (Wildman–Crippen MR) is 68.2 cm³/mol. The van der Waals surface area contributed by atoms with Crippen LogP contribution < -0.4 is 0 Å². The Kier molecular flexibility index (Phi) is 2.92. The summed E-state index contributed by atoms with van der Waals surface area (Å²) in [5.41, 5.74) is 0.988. The van der Waals surface area contributed by atoms with Gasteiger partial charge in [0.1, 0.15) is 0 Å². The zero-order valence-electron chi connectivity index (χ0n) is 6.55. The van der Waals surface area contributed by atoms with Crippen molar-refractivity contribution in [1.29, 1.82) is 0 Å². The number of aliphatic hydroxyl groups is 1. The molecule has 2 rings (SSSR count). The average Bonchev–Trinajstić information content (AvgIpc) is 2.60. The van der Waals surface area contributed by atoms with Crippen molar-refractivity contribution in [3.8, 4) is 0 Å². The van der Waals surface area contributed by atoms with Gasteiger partial charge in [0.25, 0.3) is 0 Å². The Bertz CT molecular complexity index is 452. The molecule has 1 N–H and O–H groups in total.